The molecule has 0 aromatic rings. The third kappa shape index (κ3) is 26.4. The summed E-state index contributed by atoms with van der Waals surface area (Å²) in [5.74, 6) is -3.32. The number of hydrogen-bond donors (Lipinski definition) is 7. The highest BCUT2D eigenvalue weighted by Crippen LogP contribution is 2.34. The summed E-state index contributed by atoms with van der Waals surface area (Å²) >= 11 is 0. The van der Waals surface area contributed by atoms with E-state index in [1.165, 1.54) is 27.7 Å². The van der Waals surface area contributed by atoms with Gasteiger partial charge in [-0.05, 0) is 59.4 Å². The van der Waals surface area contributed by atoms with E-state index >= 15 is 0 Å². The number of nitrogens with two attached hydrogens (primary N) is 1. The average molecular weight is 797 g/mol. The van der Waals surface area contributed by atoms with E-state index in [4.69, 9.17) is 24.7 Å². The van der Waals surface area contributed by atoms with E-state index in [-0.39, 0.29) is 115 Å². The van der Waals surface area contributed by atoms with Crippen LogP contribution in [0.25, 0.3) is 0 Å². The summed E-state index contributed by atoms with van der Waals surface area (Å²) in [5.41, 5.74) is 2.84. The Bertz CT molecular complexity index is 1260. The molecule has 314 valence electrons. The molecule has 0 aromatic carbocycles. The molecular formula is C34H64N6O13S. The smallest absolute Gasteiger partial charge is 0.309 e. The van der Waals surface area contributed by atoms with Gasteiger partial charge in [0.1, 0.15) is 13.2 Å². The van der Waals surface area contributed by atoms with E-state index in [1.807, 2.05) is 4.72 Å². The van der Waals surface area contributed by atoms with Crippen molar-refractivity contribution in [3.63, 3.8) is 0 Å². The van der Waals surface area contributed by atoms with Gasteiger partial charge in [0.2, 0.25) is 39.6 Å². The van der Waals surface area contributed by atoms with Gasteiger partial charge in [-0.2, -0.15) is 0 Å². The van der Waals surface area contributed by atoms with Crippen molar-refractivity contribution in [1.82, 2.24) is 26.0 Å². The maximum atomic E-state index is 12.5. The molecule has 19 nitrogen and oxygen atoms in total. The predicted octanol–water partition coefficient (Wildman–Crippen LogP) is -0.821. The zero-order chi connectivity index (χ0) is 41.0. The predicted molar refractivity (Wildman–Crippen MR) is 198 cm³/mol. The van der Waals surface area contributed by atoms with Crippen molar-refractivity contribution in [2.75, 3.05) is 85.3 Å². The highest BCUT2D eigenvalue weighted by molar-refractivity contribution is 7.90. The van der Waals surface area contributed by atoms with Crippen LogP contribution in [0.3, 0.4) is 0 Å². The van der Waals surface area contributed by atoms with E-state index in [0.717, 1.165) is 6.42 Å². The third-order valence-corrected chi connectivity index (χ3v) is 9.25. The maximum Gasteiger partial charge on any atom is 0.309 e. The maximum absolute atomic E-state index is 12.5. The minimum absolute atomic E-state index is 0.0451. The van der Waals surface area contributed by atoms with Crippen LogP contribution in [0.1, 0.15) is 79.1 Å². The van der Waals surface area contributed by atoms with Crippen LogP contribution in [0.4, 0.5) is 0 Å². The number of carbonyl (C=O) groups excluding carboxylic acids is 5. The highest BCUT2D eigenvalue weighted by atomic mass is 32.2. The van der Waals surface area contributed by atoms with E-state index < -0.39 is 38.6 Å². The molecule has 0 aromatic heterocycles. The van der Waals surface area contributed by atoms with Crippen LogP contribution >= 0.6 is 0 Å². The molecule has 0 heterocycles. The average Bonchev–Trinajstić information content (AvgIpc) is 3.07. The monoisotopic (exact) mass is 796 g/mol. The molecule has 0 aliphatic heterocycles. The van der Waals surface area contributed by atoms with Gasteiger partial charge in [0.05, 0.1) is 56.9 Å². The summed E-state index contributed by atoms with van der Waals surface area (Å²) in [7, 11) is -2.24. The van der Waals surface area contributed by atoms with Crippen molar-refractivity contribution in [3.8, 4) is 0 Å². The first-order valence-corrected chi connectivity index (χ1v) is 19.8. The number of unbranched alkanes of at least 4 members (excludes halogenated alkanes) is 3. The van der Waals surface area contributed by atoms with Crippen LogP contribution in [-0.2, 0) is 57.7 Å². The van der Waals surface area contributed by atoms with Crippen molar-refractivity contribution in [1.29, 1.82) is 0 Å². The molecule has 0 rings (SSSR count). The molecule has 0 aliphatic rings. The lowest BCUT2D eigenvalue weighted by Gasteiger charge is -2.30. The fourth-order valence-electron chi connectivity index (χ4n) is 4.96. The first-order valence-electron chi connectivity index (χ1n) is 18.2. The van der Waals surface area contributed by atoms with Crippen molar-refractivity contribution < 1.29 is 61.2 Å². The molecule has 0 saturated carbocycles. The summed E-state index contributed by atoms with van der Waals surface area (Å²) in [6.45, 7) is 8.06. The van der Waals surface area contributed by atoms with Crippen molar-refractivity contribution in [2.24, 2.45) is 16.6 Å². The van der Waals surface area contributed by atoms with Crippen molar-refractivity contribution in [2.45, 2.75) is 85.1 Å². The standard InChI is InChI=1S/C34H64N6O13S/c1-33(2,25-34(3,4)32(46)47)31(45)40-54(48,49)22-10-6-7-12-27(41)38-14-16-50-18-21-53-24-29(43)39-15-17-51-19-20-52-23-28(42)37-13-9-8-11-26(36-5)30(35)44/h26,36H,6-25H2,1-5H3,(H2,35,44)(H,37,42)(H,38,41)(H,39,43)(H,40,45)(H,46,47). The number of carbonyl (C=O) groups is 6. The van der Waals surface area contributed by atoms with Crippen LogP contribution in [0, 0.1) is 10.8 Å². The van der Waals surface area contributed by atoms with Crippen molar-refractivity contribution >= 4 is 45.5 Å². The topological polar surface area (TPSA) is 280 Å². The van der Waals surface area contributed by atoms with Gasteiger partial charge in [-0.25, -0.2) is 8.42 Å². The van der Waals surface area contributed by atoms with Crippen LogP contribution in [-0.4, -0.2) is 140 Å². The van der Waals surface area contributed by atoms with Gasteiger partial charge in [0.15, 0.2) is 0 Å². The molecule has 20 heteroatoms. The molecule has 0 saturated heterocycles. The van der Waals surface area contributed by atoms with Crippen molar-refractivity contribution in [3.05, 3.63) is 0 Å². The number of rotatable bonds is 34. The van der Waals surface area contributed by atoms with Gasteiger partial charge in [-0.3, -0.25) is 33.5 Å². The lowest BCUT2D eigenvalue weighted by molar-refractivity contribution is -0.149. The molecule has 0 spiro atoms. The number of primary amides is 1. The first-order chi connectivity index (χ1) is 25.3. The van der Waals surface area contributed by atoms with Gasteiger partial charge < -0.3 is 51.1 Å². The van der Waals surface area contributed by atoms with Crippen LogP contribution in [0.2, 0.25) is 0 Å². The highest BCUT2D eigenvalue weighted by Gasteiger charge is 2.40. The molecule has 0 radical (unpaired) electrons. The molecule has 54 heavy (non-hydrogen) atoms. The van der Waals surface area contributed by atoms with Crippen LogP contribution in [0.15, 0.2) is 0 Å². The number of ether oxygens (including phenoxy) is 4. The van der Waals surface area contributed by atoms with Gasteiger partial charge in [-0.15, -0.1) is 0 Å². The molecule has 0 bridgehead atoms. The Morgan fingerprint density at radius 2 is 1.19 bits per heavy atom. The largest absolute Gasteiger partial charge is 0.481 e. The molecule has 8 N–H and O–H groups in total. The summed E-state index contributed by atoms with van der Waals surface area (Å²) in [4.78, 5) is 70.7. The molecule has 0 aliphatic carbocycles. The molecule has 0 fully saturated rings. The lowest BCUT2D eigenvalue weighted by atomic mass is 9.75. The molecular weight excluding hydrogens is 732 g/mol. The summed E-state index contributed by atoms with van der Waals surface area (Å²) < 4.78 is 48.0. The summed E-state index contributed by atoms with van der Waals surface area (Å²) in [6, 6.07) is -0.374. The van der Waals surface area contributed by atoms with E-state index in [2.05, 4.69) is 21.3 Å². The van der Waals surface area contributed by atoms with Gasteiger partial charge >= 0.3 is 5.97 Å². The number of aliphatic carboxylic acids is 1. The van der Waals surface area contributed by atoms with Crippen LogP contribution < -0.4 is 31.7 Å². The number of amides is 5. The van der Waals surface area contributed by atoms with E-state index in [9.17, 15) is 42.3 Å². The van der Waals surface area contributed by atoms with E-state index in [0.29, 0.717) is 32.2 Å². The third-order valence-electron chi connectivity index (χ3n) is 7.92. The fourth-order valence-corrected chi connectivity index (χ4v) is 6.21. The zero-order valence-electron chi connectivity index (χ0n) is 32.6. The van der Waals surface area contributed by atoms with Crippen LogP contribution in [0.5, 0.6) is 0 Å². The Kier molecular flexibility index (Phi) is 26.3. The second kappa shape index (κ2) is 28.0. The van der Waals surface area contributed by atoms with Gasteiger partial charge in [0.25, 0.3) is 0 Å². The number of sulfonamides is 1. The number of carboxylic acid groups (broad SMARTS) is 1. The Hall–Kier alpha value is -3.43. The molecule has 1 unspecified atom stereocenters. The van der Waals surface area contributed by atoms with Gasteiger partial charge in [0, 0.05) is 31.5 Å². The SMILES string of the molecule is CNC(CCCCNC(=O)COCCOCCNC(=O)COCCOCCNC(=O)CCCCCS(=O)(=O)NC(=O)C(C)(C)CC(C)(C)C(=O)O)C(N)=O. The Labute approximate surface area is 319 Å². The second-order valence-corrected chi connectivity index (χ2v) is 15.8. The first kappa shape index (κ1) is 50.6. The summed E-state index contributed by atoms with van der Waals surface area (Å²) in [6.07, 6.45) is 3.35. The second-order valence-electron chi connectivity index (χ2n) is 13.9. The van der Waals surface area contributed by atoms with Gasteiger partial charge in [-0.1, -0.05) is 20.3 Å². The number of nitrogens with one attached hydrogen (secondary N) is 5. The lowest BCUT2D eigenvalue weighted by Crippen LogP contribution is -2.44. The van der Waals surface area contributed by atoms with E-state index in [1.54, 1.807) is 7.05 Å². The Morgan fingerprint density at radius 3 is 1.70 bits per heavy atom. The Balaban J connectivity index is 3.71. The number of likely N-dealkylation sites (N-methyl/N-ethyl adjacent to an activating group) is 1. The molecule has 1 atom stereocenters. The minimum Gasteiger partial charge on any atom is -0.481 e. The quantitative estimate of drug-likeness (QED) is 0.0392. The fraction of sp³-hybridized carbons (Fsp3) is 0.824. The zero-order valence-corrected chi connectivity index (χ0v) is 33.4. The normalized spacial score (nSPS) is 12.5. The number of carboxylic acids is 1. The Morgan fingerprint density at radius 1 is 0.667 bits per heavy atom. The summed E-state index contributed by atoms with van der Waals surface area (Å²) in [5, 5.41) is 20.2. The minimum atomic E-state index is -3.91. The number of hydrogen-bond acceptors (Lipinski definition) is 13. The molecule has 5 amide bonds.